The summed E-state index contributed by atoms with van der Waals surface area (Å²) < 4.78 is 0. The van der Waals surface area contributed by atoms with Crippen molar-refractivity contribution < 1.29 is 0 Å². The maximum absolute atomic E-state index is 4.38. The molecule has 0 radical (unpaired) electrons. The Hall–Kier alpha value is -3.90. The lowest BCUT2D eigenvalue weighted by Crippen LogP contribution is -1.87. The molecule has 156 valence electrons. The Labute approximate surface area is 191 Å². The lowest BCUT2D eigenvalue weighted by molar-refractivity contribution is 1.39. The molecule has 0 atom stereocenters. The summed E-state index contributed by atoms with van der Waals surface area (Å²) in [5.74, 6) is 0. The van der Waals surface area contributed by atoms with Crippen molar-refractivity contribution in [3.05, 3.63) is 145 Å². The van der Waals surface area contributed by atoms with Crippen LogP contribution in [0.1, 0.15) is 25.0 Å². The number of allylic oxidation sites excluding steroid dienone is 5. The molecule has 0 nitrogen and oxygen atoms in total. The van der Waals surface area contributed by atoms with Crippen LogP contribution in [-0.2, 0) is 0 Å². The summed E-state index contributed by atoms with van der Waals surface area (Å²) in [7, 11) is 0. The van der Waals surface area contributed by atoms with E-state index >= 15 is 0 Å². The van der Waals surface area contributed by atoms with Crippen molar-refractivity contribution in [2.24, 2.45) is 0 Å². The Bertz CT molecular complexity index is 1250. The van der Waals surface area contributed by atoms with Crippen LogP contribution < -0.4 is 0 Å². The minimum absolute atomic E-state index is 1.00. The maximum atomic E-state index is 4.38. The highest BCUT2D eigenvalue weighted by Crippen LogP contribution is 2.29. The summed E-state index contributed by atoms with van der Waals surface area (Å²) in [6.45, 7) is 8.63. The van der Waals surface area contributed by atoms with E-state index < -0.39 is 0 Å². The summed E-state index contributed by atoms with van der Waals surface area (Å²) in [4.78, 5) is 0. The predicted octanol–water partition coefficient (Wildman–Crippen LogP) is 9.08. The average molecular weight is 413 g/mol. The van der Waals surface area contributed by atoms with Gasteiger partial charge in [0, 0.05) is 0 Å². The first-order valence-corrected chi connectivity index (χ1v) is 11.0. The Kier molecular flexibility index (Phi) is 6.63. The van der Waals surface area contributed by atoms with Crippen molar-refractivity contribution in [3.8, 4) is 22.3 Å². The molecule has 0 bridgehead atoms. The van der Waals surface area contributed by atoms with Gasteiger partial charge in [-0.15, -0.1) is 0 Å². The summed E-state index contributed by atoms with van der Waals surface area (Å²) in [6.07, 6.45) is 4.40. The van der Waals surface area contributed by atoms with Gasteiger partial charge in [-0.1, -0.05) is 121 Å². The summed E-state index contributed by atoms with van der Waals surface area (Å²) in [5, 5.41) is 0. The van der Waals surface area contributed by atoms with E-state index in [1.54, 1.807) is 0 Å². The molecule has 0 saturated heterocycles. The monoisotopic (exact) mass is 412 g/mol. The van der Waals surface area contributed by atoms with Crippen molar-refractivity contribution >= 4 is 11.1 Å². The topological polar surface area (TPSA) is 0 Å². The quantitative estimate of drug-likeness (QED) is 0.277. The highest BCUT2D eigenvalue weighted by Gasteiger charge is 2.05. The minimum Gasteiger partial charge on any atom is -0.0911 e. The second kappa shape index (κ2) is 9.94. The van der Waals surface area contributed by atoms with Crippen LogP contribution in [0.25, 0.3) is 33.4 Å². The SMILES string of the molecule is C=C(/C=C(\C=C(C)C)c1ccccc1)c1cccc(-c2ccc(-c3ccccc3)cc2)c1. The average Bonchev–Trinajstić information content (AvgIpc) is 2.84. The fraction of sp³-hybridized carbons (Fsp3) is 0.0625. The normalized spacial score (nSPS) is 11.1. The van der Waals surface area contributed by atoms with E-state index in [0.717, 1.165) is 11.1 Å². The van der Waals surface area contributed by atoms with Crippen LogP contribution >= 0.6 is 0 Å². The highest BCUT2D eigenvalue weighted by molar-refractivity contribution is 5.88. The number of hydrogen-bond donors (Lipinski definition) is 0. The Morgan fingerprint density at radius 3 is 1.66 bits per heavy atom. The van der Waals surface area contributed by atoms with Gasteiger partial charge in [0.2, 0.25) is 0 Å². The highest BCUT2D eigenvalue weighted by atomic mass is 14.1. The van der Waals surface area contributed by atoms with Gasteiger partial charge in [0.15, 0.2) is 0 Å². The molecule has 0 aliphatic heterocycles. The van der Waals surface area contributed by atoms with E-state index in [0.29, 0.717) is 0 Å². The fourth-order valence-corrected chi connectivity index (χ4v) is 3.81. The zero-order chi connectivity index (χ0) is 22.3. The maximum Gasteiger partial charge on any atom is -0.0178 e. The van der Waals surface area contributed by atoms with Gasteiger partial charge in [-0.3, -0.25) is 0 Å². The zero-order valence-corrected chi connectivity index (χ0v) is 18.8. The van der Waals surface area contributed by atoms with Gasteiger partial charge in [-0.05, 0) is 70.5 Å². The molecule has 0 N–H and O–H groups in total. The summed E-state index contributed by atoms with van der Waals surface area (Å²) in [6, 6.07) is 38.3. The van der Waals surface area contributed by atoms with E-state index in [1.165, 1.54) is 39.0 Å². The molecule has 4 aromatic carbocycles. The van der Waals surface area contributed by atoms with Gasteiger partial charge in [0.1, 0.15) is 0 Å². The van der Waals surface area contributed by atoms with Crippen molar-refractivity contribution in [3.63, 3.8) is 0 Å². The summed E-state index contributed by atoms with van der Waals surface area (Å²) in [5.41, 5.74) is 10.6. The molecule has 4 rings (SSSR count). The number of hydrogen-bond acceptors (Lipinski definition) is 0. The molecule has 0 amide bonds. The van der Waals surface area contributed by atoms with Crippen LogP contribution in [-0.4, -0.2) is 0 Å². The van der Waals surface area contributed by atoms with Crippen LogP contribution in [0.2, 0.25) is 0 Å². The first-order chi connectivity index (χ1) is 15.6. The molecule has 32 heavy (non-hydrogen) atoms. The Balaban J connectivity index is 1.63. The number of rotatable bonds is 6. The van der Waals surface area contributed by atoms with Crippen molar-refractivity contribution in [2.75, 3.05) is 0 Å². The van der Waals surface area contributed by atoms with Crippen LogP contribution in [0, 0.1) is 0 Å². The first-order valence-electron chi connectivity index (χ1n) is 11.0. The third-order valence-corrected chi connectivity index (χ3v) is 5.44. The van der Waals surface area contributed by atoms with E-state index in [9.17, 15) is 0 Å². The van der Waals surface area contributed by atoms with Gasteiger partial charge in [0.05, 0.1) is 0 Å². The van der Waals surface area contributed by atoms with Gasteiger partial charge in [-0.25, -0.2) is 0 Å². The third kappa shape index (κ3) is 5.22. The van der Waals surface area contributed by atoms with E-state index in [-0.39, 0.29) is 0 Å². The van der Waals surface area contributed by atoms with Gasteiger partial charge in [0.25, 0.3) is 0 Å². The molecule has 0 heteroatoms. The second-order valence-corrected chi connectivity index (χ2v) is 8.24. The molecule has 0 spiro atoms. The Morgan fingerprint density at radius 1 is 0.531 bits per heavy atom. The Morgan fingerprint density at radius 2 is 1.03 bits per heavy atom. The van der Waals surface area contributed by atoms with Gasteiger partial charge >= 0.3 is 0 Å². The number of benzene rings is 4. The van der Waals surface area contributed by atoms with Crippen LogP contribution in [0.15, 0.2) is 133 Å². The van der Waals surface area contributed by atoms with Crippen molar-refractivity contribution in [1.29, 1.82) is 0 Å². The van der Waals surface area contributed by atoms with E-state index in [2.05, 4.69) is 130 Å². The molecular formula is C32H28. The molecule has 0 fully saturated rings. The van der Waals surface area contributed by atoms with Crippen LogP contribution in [0.4, 0.5) is 0 Å². The lowest BCUT2D eigenvalue weighted by atomic mass is 9.95. The minimum atomic E-state index is 1.00. The standard InChI is InChI=1S/C32H28/c1-24(2)21-32(27-13-8-5-9-14-27)22-25(3)30-15-10-16-31(23-30)29-19-17-28(18-20-29)26-11-6-4-7-12-26/h4-23H,3H2,1-2H3/b32-22+. The fourth-order valence-electron chi connectivity index (χ4n) is 3.81. The van der Waals surface area contributed by atoms with Crippen LogP contribution in [0.3, 0.4) is 0 Å². The van der Waals surface area contributed by atoms with Crippen molar-refractivity contribution in [2.45, 2.75) is 13.8 Å². The zero-order valence-electron chi connectivity index (χ0n) is 18.8. The smallest absolute Gasteiger partial charge is 0.0178 e. The van der Waals surface area contributed by atoms with Crippen molar-refractivity contribution in [1.82, 2.24) is 0 Å². The summed E-state index contributed by atoms with van der Waals surface area (Å²) >= 11 is 0. The lowest BCUT2D eigenvalue weighted by Gasteiger charge is -2.09. The van der Waals surface area contributed by atoms with E-state index in [1.807, 2.05) is 12.1 Å². The van der Waals surface area contributed by atoms with Gasteiger partial charge < -0.3 is 0 Å². The van der Waals surface area contributed by atoms with Gasteiger partial charge in [-0.2, -0.15) is 0 Å². The predicted molar refractivity (Wildman–Crippen MR) is 140 cm³/mol. The molecule has 0 saturated carbocycles. The van der Waals surface area contributed by atoms with Crippen LogP contribution in [0.5, 0.6) is 0 Å². The molecule has 0 aromatic heterocycles. The first kappa shape index (κ1) is 21.3. The third-order valence-electron chi connectivity index (χ3n) is 5.44. The molecule has 4 aromatic rings. The largest absolute Gasteiger partial charge is 0.0911 e. The molecule has 0 aliphatic carbocycles. The molecular weight excluding hydrogens is 384 g/mol. The van der Waals surface area contributed by atoms with E-state index in [4.69, 9.17) is 0 Å². The molecule has 0 aliphatic rings. The molecule has 0 unspecified atom stereocenters. The molecule has 0 heterocycles. The second-order valence-electron chi connectivity index (χ2n) is 8.24.